The molecule has 67 heavy (non-hydrogen) atoms. The third-order valence-corrected chi connectivity index (χ3v) is 18.6. The third kappa shape index (κ3) is 9.13. The predicted octanol–water partition coefficient (Wildman–Crippen LogP) is 15.8. The fourth-order valence-corrected chi connectivity index (χ4v) is 15.3. The second kappa shape index (κ2) is 19.4. The van der Waals surface area contributed by atoms with E-state index in [0.29, 0.717) is 11.8 Å². The Morgan fingerprint density at radius 2 is 1.24 bits per heavy atom. The maximum absolute atomic E-state index is 15.1. The van der Waals surface area contributed by atoms with Crippen LogP contribution in [0.5, 0.6) is 0 Å². The zero-order chi connectivity index (χ0) is 44.8. The Kier molecular flexibility index (Phi) is 13.2. The zero-order valence-electron chi connectivity index (χ0n) is 39.1. The van der Waals surface area contributed by atoms with Crippen molar-refractivity contribution < 1.29 is 24.7 Å². The van der Waals surface area contributed by atoms with E-state index in [0.717, 1.165) is 83.1 Å². The Balaban J connectivity index is 0.000000155. The van der Waals surface area contributed by atoms with Crippen molar-refractivity contribution in [2.75, 3.05) is 0 Å². The summed E-state index contributed by atoms with van der Waals surface area (Å²) in [6.45, 7) is 7.18. The minimum atomic E-state index is -3.15. The van der Waals surface area contributed by atoms with Crippen molar-refractivity contribution in [1.29, 1.82) is 0 Å². The largest absolute Gasteiger partial charge is 0.311 e. The Morgan fingerprint density at radius 3 is 1.93 bits per heavy atom. The van der Waals surface area contributed by atoms with Gasteiger partial charge in [0.2, 0.25) is 0 Å². The van der Waals surface area contributed by atoms with Crippen LogP contribution in [0.2, 0.25) is 0 Å². The van der Waals surface area contributed by atoms with E-state index in [-0.39, 0.29) is 20.1 Å². The summed E-state index contributed by atoms with van der Waals surface area (Å²) in [5, 5.41) is 10.4. The molecule has 1 aromatic heterocycles. The quantitative estimate of drug-likeness (QED) is 0.123. The molecule has 1 heterocycles. The monoisotopic (exact) mass is 1070 g/mol. The van der Waals surface area contributed by atoms with Crippen molar-refractivity contribution in [3.8, 4) is 11.3 Å². The molecule has 9 aromatic rings. The van der Waals surface area contributed by atoms with Gasteiger partial charge in [-0.25, -0.2) is 0 Å². The molecule has 339 valence electrons. The van der Waals surface area contributed by atoms with Crippen LogP contribution in [0.3, 0.4) is 0 Å². The summed E-state index contributed by atoms with van der Waals surface area (Å²) in [5.74, 6) is 4.83. The van der Waals surface area contributed by atoms with Gasteiger partial charge < -0.3 is 4.57 Å². The third-order valence-electron chi connectivity index (χ3n) is 15.6. The Labute approximate surface area is 411 Å². The molecule has 4 heteroatoms. The van der Waals surface area contributed by atoms with Gasteiger partial charge in [-0.15, -0.1) is 51.7 Å². The number of hydrogen-bond donors (Lipinski definition) is 0. The molecule has 0 spiro atoms. The number of aryl methyl sites for hydroxylation is 1. The number of aromatic nitrogens is 1. The first kappa shape index (κ1) is 45.6. The van der Waals surface area contributed by atoms with E-state index >= 15 is 4.57 Å². The van der Waals surface area contributed by atoms with E-state index in [1.807, 2.05) is 60.7 Å². The molecular formula is C63H60IrNOP-2. The minimum Gasteiger partial charge on any atom is -0.311 e. The molecule has 0 N–H and O–H groups in total. The number of hydrogen-bond acceptors (Lipinski definition) is 2. The van der Waals surface area contributed by atoms with Gasteiger partial charge in [-0.2, -0.15) is 18.2 Å². The van der Waals surface area contributed by atoms with Crippen molar-refractivity contribution in [2.45, 2.75) is 90.4 Å². The summed E-state index contributed by atoms with van der Waals surface area (Å²) in [7, 11) is -3.15. The van der Waals surface area contributed by atoms with Crippen molar-refractivity contribution in [1.82, 2.24) is 4.98 Å². The van der Waals surface area contributed by atoms with Crippen LogP contribution < -0.4 is 15.9 Å². The van der Waals surface area contributed by atoms with Crippen LogP contribution >= 0.6 is 7.14 Å². The molecule has 3 aliphatic carbocycles. The first-order valence-corrected chi connectivity index (χ1v) is 26.4. The van der Waals surface area contributed by atoms with Crippen LogP contribution in [0.1, 0.15) is 100 Å². The van der Waals surface area contributed by atoms with Crippen molar-refractivity contribution >= 4 is 66.3 Å². The summed E-state index contributed by atoms with van der Waals surface area (Å²) < 4.78 is 15.1. The molecule has 1 radical (unpaired) electrons. The predicted molar refractivity (Wildman–Crippen MR) is 280 cm³/mol. The standard InChI is InChI=1S/C33H40N.C30H20OP.Ir/c1-21-14-24-18-23(3)33(28(17-21)19-24)30-10-7-11-32-29(30)12-13-31(34-32)27-16-22(2)15-26(20-27)25-8-5-4-6-9-25;31-32(28-16-13-22-7-1-4-10-25(22)19-28,29-17-14-23-8-2-5-11-26(23)20-29)30-18-15-24-9-3-6-12-27(24)21-30;/h7,10-13,15,20-21,23-25,28,33H,4-6,8-9,14,17-19H2,1-3H3;1-17,19-21H;/q2*-1;. The van der Waals surface area contributed by atoms with Gasteiger partial charge in [0, 0.05) is 36.1 Å². The van der Waals surface area contributed by atoms with Crippen LogP contribution in [0.25, 0.3) is 54.5 Å². The molecule has 3 saturated carbocycles. The van der Waals surface area contributed by atoms with Crippen LogP contribution in [0.4, 0.5) is 0 Å². The molecule has 8 aromatic carbocycles. The molecular weight excluding hydrogens is 1010 g/mol. The Morgan fingerprint density at radius 1 is 0.597 bits per heavy atom. The number of nitrogens with zero attached hydrogens (tertiary/aromatic N) is 1. The first-order valence-electron chi connectivity index (χ1n) is 24.7. The van der Waals surface area contributed by atoms with E-state index in [9.17, 15) is 0 Å². The van der Waals surface area contributed by atoms with Crippen LogP contribution in [0, 0.1) is 42.7 Å². The Bertz CT molecular complexity index is 3080. The van der Waals surface area contributed by atoms with E-state index in [1.165, 1.54) is 79.9 Å². The SMILES string of the molecule is Cc1[c-]c(-c2ccc3c(C4C(C)CC5CC(C)CC4C5)cccc3n2)cc(C2CCCCC2)c1.O=P(c1[c-]cc2ccccc2c1)(c1ccc2ccccc2c1)c1ccc2ccccc2c1.[Ir]. The van der Waals surface area contributed by atoms with E-state index in [4.69, 9.17) is 4.98 Å². The second-order valence-electron chi connectivity index (χ2n) is 20.3. The number of rotatable bonds is 6. The number of pyridine rings is 1. The molecule has 3 aliphatic rings. The van der Waals surface area contributed by atoms with Crippen LogP contribution in [0.15, 0.2) is 164 Å². The fourth-order valence-electron chi connectivity index (χ4n) is 12.6. The van der Waals surface area contributed by atoms with Gasteiger partial charge >= 0.3 is 0 Å². The maximum atomic E-state index is 15.1. The topological polar surface area (TPSA) is 30.0 Å². The average Bonchev–Trinajstić information content (AvgIpc) is 3.35. The smallest absolute Gasteiger partial charge is 0.147 e. The van der Waals surface area contributed by atoms with Gasteiger partial charge in [0.25, 0.3) is 0 Å². The summed E-state index contributed by atoms with van der Waals surface area (Å²) in [5.41, 5.74) is 7.70. The number of fused-ring (bicyclic) bond motifs is 6. The maximum Gasteiger partial charge on any atom is 0.147 e. The summed E-state index contributed by atoms with van der Waals surface area (Å²) in [4.78, 5) is 5.22. The summed E-state index contributed by atoms with van der Waals surface area (Å²) >= 11 is 0. The van der Waals surface area contributed by atoms with Crippen molar-refractivity contribution in [3.63, 3.8) is 0 Å². The zero-order valence-corrected chi connectivity index (χ0v) is 42.3. The van der Waals surface area contributed by atoms with E-state index in [2.05, 4.69) is 136 Å². The van der Waals surface area contributed by atoms with Gasteiger partial charge in [-0.05, 0) is 125 Å². The van der Waals surface area contributed by atoms with Gasteiger partial charge in [-0.1, -0.05) is 161 Å². The molecule has 2 nitrogen and oxygen atoms in total. The average molecular weight is 1070 g/mol. The molecule has 0 aliphatic heterocycles. The second-order valence-corrected chi connectivity index (χ2v) is 23.0. The molecule has 5 atom stereocenters. The van der Waals surface area contributed by atoms with Gasteiger partial charge in [0.05, 0.1) is 5.52 Å². The van der Waals surface area contributed by atoms with Crippen LogP contribution in [-0.2, 0) is 24.7 Å². The van der Waals surface area contributed by atoms with Crippen molar-refractivity contribution in [3.05, 3.63) is 193 Å². The van der Waals surface area contributed by atoms with Crippen molar-refractivity contribution in [2.24, 2.45) is 23.7 Å². The molecule has 5 unspecified atom stereocenters. The van der Waals surface area contributed by atoms with E-state index in [1.54, 1.807) is 5.56 Å². The molecule has 0 amide bonds. The summed E-state index contributed by atoms with van der Waals surface area (Å²) in [6, 6.07) is 64.2. The van der Waals surface area contributed by atoms with Gasteiger partial charge in [-0.3, -0.25) is 4.98 Å². The molecule has 12 rings (SSSR count). The molecule has 2 bridgehead atoms. The first-order chi connectivity index (χ1) is 32.3. The van der Waals surface area contributed by atoms with Gasteiger partial charge in [0.15, 0.2) is 0 Å². The number of benzene rings is 8. The van der Waals surface area contributed by atoms with Crippen LogP contribution in [-0.4, -0.2) is 4.98 Å². The molecule has 3 fully saturated rings. The Hall–Kier alpha value is -5.17. The normalized spacial score (nSPS) is 20.9. The summed E-state index contributed by atoms with van der Waals surface area (Å²) in [6.07, 6.45) is 12.5. The minimum absolute atomic E-state index is 0. The van der Waals surface area contributed by atoms with E-state index < -0.39 is 7.14 Å². The van der Waals surface area contributed by atoms with Gasteiger partial charge in [0.1, 0.15) is 7.14 Å². The molecule has 0 saturated heterocycles. The fraction of sp³-hybridized carbons (Fsp3) is 0.286.